The van der Waals surface area contributed by atoms with E-state index in [1.165, 1.54) is 16.8 Å². The lowest BCUT2D eigenvalue weighted by atomic mass is 10.1. The summed E-state index contributed by atoms with van der Waals surface area (Å²) in [5.41, 5.74) is -0.844. The van der Waals surface area contributed by atoms with Gasteiger partial charge in [0, 0.05) is 27.6 Å². The molecule has 0 radical (unpaired) electrons. The monoisotopic (exact) mass is 352 g/mol. The normalized spacial score (nSPS) is 22.7. The third kappa shape index (κ3) is 5.03. The van der Waals surface area contributed by atoms with Gasteiger partial charge in [0.2, 0.25) is 0 Å². The summed E-state index contributed by atoms with van der Waals surface area (Å²) in [5, 5.41) is 8.63. The van der Waals surface area contributed by atoms with E-state index >= 15 is 0 Å². The number of hydrogen-bond acceptors (Lipinski definition) is 5. The number of ether oxygens (including phenoxy) is 1. The minimum Gasteiger partial charge on any atom is -0.508 e. The summed E-state index contributed by atoms with van der Waals surface area (Å²) >= 11 is 0. The van der Waals surface area contributed by atoms with Crippen molar-refractivity contribution in [1.82, 2.24) is 9.55 Å². The predicted octanol–water partition coefficient (Wildman–Crippen LogP) is 1.66. The van der Waals surface area contributed by atoms with E-state index in [9.17, 15) is 9.59 Å². The van der Waals surface area contributed by atoms with E-state index in [1.807, 2.05) is 13.0 Å². The van der Waals surface area contributed by atoms with Gasteiger partial charge in [0.25, 0.3) is 5.56 Å². The molecule has 1 aromatic heterocycles. The Kier molecular flexibility index (Phi) is 6.73. The number of phenolic OH excluding ortho intramolecular Hbond substituents is 1. The van der Waals surface area contributed by atoms with Crippen LogP contribution in [-0.2, 0) is 9.26 Å². The molecule has 1 fully saturated rings. The van der Waals surface area contributed by atoms with Gasteiger partial charge in [-0.1, -0.05) is 25.1 Å². The van der Waals surface area contributed by atoms with Crippen molar-refractivity contribution >= 4 is 9.47 Å². The SMILES string of the molecule is C[C@H]1CC(COP)OC1n1ccc(=O)[nH]c1=O.Oc1ccccc1. The second-order valence-corrected chi connectivity index (χ2v) is 5.88. The number of aromatic amines is 1. The summed E-state index contributed by atoms with van der Waals surface area (Å²) in [6, 6.07) is 10.0. The maximum Gasteiger partial charge on any atom is 0.330 e. The summed E-state index contributed by atoms with van der Waals surface area (Å²) in [7, 11) is 2.18. The fourth-order valence-electron chi connectivity index (χ4n) is 2.53. The summed E-state index contributed by atoms with van der Waals surface area (Å²) in [4.78, 5) is 24.8. The van der Waals surface area contributed by atoms with Crippen molar-refractivity contribution in [2.75, 3.05) is 6.61 Å². The molecule has 2 heterocycles. The minimum atomic E-state index is -0.443. The lowest BCUT2D eigenvalue weighted by molar-refractivity contribution is -0.0273. The Labute approximate surface area is 141 Å². The molecule has 1 aliphatic rings. The second kappa shape index (κ2) is 8.78. The topological polar surface area (TPSA) is 93.5 Å². The van der Waals surface area contributed by atoms with Gasteiger partial charge in [-0.15, -0.1) is 0 Å². The largest absolute Gasteiger partial charge is 0.508 e. The van der Waals surface area contributed by atoms with E-state index in [2.05, 4.69) is 14.5 Å². The van der Waals surface area contributed by atoms with Crippen LogP contribution in [0.15, 0.2) is 52.2 Å². The number of para-hydroxylation sites is 1. The number of aromatic nitrogens is 2. The third-order valence-electron chi connectivity index (χ3n) is 3.62. The fraction of sp³-hybridized carbons (Fsp3) is 0.375. The van der Waals surface area contributed by atoms with Gasteiger partial charge in [0.05, 0.1) is 12.7 Å². The molecule has 3 unspecified atom stereocenters. The van der Waals surface area contributed by atoms with Crippen molar-refractivity contribution in [3.8, 4) is 5.75 Å². The van der Waals surface area contributed by atoms with Crippen LogP contribution in [0.2, 0.25) is 0 Å². The Morgan fingerprint density at radius 1 is 1.33 bits per heavy atom. The van der Waals surface area contributed by atoms with Crippen molar-refractivity contribution in [1.29, 1.82) is 0 Å². The average Bonchev–Trinajstić information content (AvgIpc) is 2.89. The van der Waals surface area contributed by atoms with Crippen LogP contribution in [0.5, 0.6) is 5.75 Å². The molecule has 0 spiro atoms. The number of phenols is 1. The predicted molar refractivity (Wildman–Crippen MR) is 92.8 cm³/mol. The van der Waals surface area contributed by atoms with Crippen molar-refractivity contribution < 1.29 is 14.4 Å². The lowest BCUT2D eigenvalue weighted by Gasteiger charge is -2.17. The molecule has 4 atom stereocenters. The van der Waals surface area contributed by atoms with Crippen molar-refractivity contribution in [2.45, 2.75) is 25.7 Å². The Bertz CT molecular complexity index is 746. The molecule has 0 saturated carbocycles. The Balaban J connectivity index is 0.000000249. The highest BCUT2D eigenvalue weighted by molar-refractivity contribution is 7.09. The smallest absolute Gasteiger partial charge is 0.330 e. The molecule has 0 bridgehead atoms. The quantitative estimate of drug-likeness (QED) is 0.820. The number of rotatable bonds is 3. The molecule has 2 N–H and O–H groups in total. The van der Waals surface area contributed by atoms with Crippen LogP contribution in [0.1, 0.15) is 19.6 Å². The summed E-state index contributed by atoms with van der Waals surface area (Å²) in [5.74, 6) is 0.520. The number of aromatic hydroxyl groups is 1. The fourth-order valence-corrected chi connectivity index (χ4v) is 2.74. The minimum absolute atomic E-state index is 0.0219. The van der Waals surface area contributed by atoms with Gasteiger partial charge in [-0.05, 0) is 18.6 Å². The van der Waals surface area contributed by atoms with E-state index < -0.39 is 11.2 Å². The Hall–Kier alpha value is -1.95. The third-order valence-corrected chi connectivity index (χ3v) is 3.81. The van der Waals surface area contributed by atoms with Gasteiger partial charge in [-0.3, -0.25) is 14.3 Å². The van der Waals surface area contributed by atoms with Crippen LogP contribution >= 0.6 is 9.47 Å². The summed E-state index contributed by atoms with van der Waals surface area (Å²) in [6.07, 6.45) is 1.92. The number of benzene rings is 1. The number of hydrogen-bond donors (Lipinski definition) is 2. The first-order chi connectivity index (χ1) is 11.5. The molecule has 1 aromatic carbocycles. The van der Waals surface area contributed by atoms with Crippen LogP contribution in [0.4, 0.5) is 0 Å². The Morgan fingerprint density at radius 3 is 2.58 bits per heavy atom. The first kappa shape index (κ1) is 18.4. The van der Waals surface area contributed by atoms with E-state index in [0.29, 0.717) is 12.4 Å². The molecule has 0 aliphatic carbocycles. The second-order valence-electron chi connectivity index (χ2n) is 5.55. The number of H-pyrrole nitrogens is 1. The van der Waals surface area contributed by atoms with Gasteiger partial charge in [0.1, 0.15) is 12.0 Å². The molecule has 3 rings (SSSR count). The first-order valence-electron chi connectivity index (χ1n) is 7.54. The van der Waals surface area contributed by atoms with E-state index in [4.69, 9.17) is 14.4 Å². The van der Waals surface area contributed by atoms with Crippen molar-refractivity contribution in [3.63, 3.8) is 0 Å². The summed E-state index contributed by atoms with van der Waals surface area (Å²) < 4.78 is 12.1. The molecule has 130 valence electrons. The maximum absolute atomic E-state index is 11.6. The highest BCUT2D eigenvalue weighted by Gasteiger charge is 2.33. The van der Waals surface area contributed by atoms with Crippen LogP contribution in [0.3, 0.4) is 0 Å². The highest BCUT2D eigenvalue weighted by Crippen LogP contribution is 2.33. The highest BCUT2D eigenvalue weighted by atomic mass is 31.0. The van der Waals surface area contributed by atoms with Gasteiger partial charge < -0.3 is 14.4 Å². The first-order valence-corrected chi connectivity index (χ1v) is 8.01. The molecule has 24 heavy (non-hydrogen) atoms. The zero-order valence-corrected chi connectivity index (χ0v) is 14.4. The van der Waals surface area contributed by atoms with Crippen molar-refractivity contribution in [2.24, 2.45) is 5.92 Å². The van der Waals surface area contributed by atoms with Crippen LogP contribution in [0.25, 0.3) is 0 Å². The lowest BCUT2D eigenvalue weighted by Crippen LogP contribution is -2.33. The molecule has 1 saturated heterocycles. The molecule has 7 nitrogen and oxygen atoms in total. The number of nitrogens with zero attached hydrogens (tertiary/aromatic N) is 1. The van der Waals surface area contributed by atoms with Gasteiger partial charge >= 0.3 is 5.69 Å². The zero-order valence-electron chi connectivity index (χ0n) is 13.3. The van der Waals surface area contributed by atoms with Crippen LogP contribution in [-0.4, -0.2) is 27.4 Å². The molecule has 1 aliphatic heterocycles. The van der Waals surface area contributed by atoms with Crippen molar-refractivity contribution in [3.05, 3.63) is 63.4 Å². The molecule has 8 heteroatoms. The van der Waals surface area contributed by atoms with Crippen LogP contribution < -0.4 is 11.2 Å². The van der Waals surface area contributed by atoms with Gasteiger partial charge in [-0.2, -0.15) is 0 Å². The molecular weight excluding hydrogens is 331 g/mol. The Morgan fingerprint density at radius 2 is 2.04 bits per heavy atom. The van der Waals surface area contributed by atoms with Gasteiger partial charge in [0.15, 0.2) is 0 Å². The average molecular weight is 352 g/mol. The van der Waals surface area contributed by atoms with Gasteiger partial charge in [-0.25, -0.2) is 4.79 Å². The molecular formula is C16H21N2O5P. The maximum atomic E-state index is 11.6. The summed E-state index contributed by atoms with van der Waals surface area (Å²) in [6.45, 7) is 2.48. The molecule has 0 amide bonds. The zero-order chi connectivity index (χ0) is 17.5. The standard InChI is InChI=1S/C10H15N2O4P.C6H6O/c1-6-4-7(5-15-17)16-9(6)12-3-2-8(13)11-10(12)14;7-6-4-2-1-3-5-6/h2-3,6-7,9H,4-5,17H2,1H3,(H,11,13,14);1-5,7H/t6-,7?,9?;/m0./s1. The molecule has 2 aromatic rings. The number of nitrogens with one attached hydrogen (secondary N) is 1. The van der Waals surface area contributed by atoms with E-state index in [0.717, 1.165) is 6.42 Å². The van der Waals surface area contributed by atoms with E-state index in [-0.39, 0.29) is 18.2 Å². The van der Waals surface area contributed by atoms with E-state index in [1.54, 1.807) is 24.3 Å². The van der Waals surface area contributed by atoms with Crippen LogP contribution in [0, 0.1) is 5.92 Å².